The third-order valence-electron chi connectivity index (χ3n) is 4.76. The number of aryl methyl sites for hydroxylation is 2. The van der Waals surface area contributed by atoms with E-state index in [1.807, 2.05) is 36.6 Å². The lowest BCUT2D eigenvalue weighted by molar-refractivity contribution is -0.116. The van der Waals surface area contributed by atoms with Crippen LogP contribution in [0.25, 0.3) is 11.0 Å². The molecule has 27 heavy (non-hydrogen) atoms. The minimum atomic E-state index is -0.262. The van der Waals surface area contributed by atoms with Crippen molar-refractivity contribution in [2.24, 2.45) is 0 Å². The van der Waals surface area contributed by atoms with Gasteiger partial charge in [0.2, 0.25) is 5.91 Å². The van der Waals surface area contributed by atoms with E-state index in [1.165, 1.54) is 10.9 Å². The Morgan fingerprint density at radius 2 is 2.11 bits per heavy atom. The number of nitrogens with zero attached hydrogens (tertiary/aromatic N) is 3. The molecule has 0 aliphatic heterocycles. The van der Waals surface area contributed by atoms with Crippen LogP contribution in [0.3, 0.4) is 0 Å². The van der Waals surface area contributed by atoms with Crippen LogP contribution >= 0.6 is 11.8 Å². The van der Waals surface area contributed by atoms with Gasteiger partial charge in [0.05, 0.1) is 5.39 Å². The average Bonchev–Trinajstić information content (AvgIpc) is 2.69. The molecule has 0 saturated carbocycles. The number of amides is 1. The van der Waals surface area contributed by atoms with E-state index in [0.29, 0.717) is 16.7 Å². The molecule has 0 atom stereocenters. The lowest BCUT2D eigenvalue weighted by Crippen LogP contribution is -2.28. The number of hydrogen-bond acceptors (Lipinski definition) is 5. The zero-order valence-corrected chi connectivity index (χ0v) is 15.9. The van der Waals surface area contributed by atoms with Crippen LogP contribution < -0.4 is 10.9 Å². The molecule has 1 aromatic carbocycles. The lowest BCUT2D eigenvalue weighted by Gasteiger charge is -2.15. The number of aromatic nitrogens is 3. The Kier molecular flexibility index (Phi) is 4.94. The molecular formula is C20H20N4O2S. The second kappa shape index (κ2) is 7.52. The van der Waals surface area contributed by atoms with Gasteiger partial charge in [0.25, 0.3) is 5.56 Å². The Morgan fingerprint density at radius 3 is 2.96 bits per heavy atom. The summed E-state index contributed by atoms with van der Waals surface area (Å²) in [7, 11) is 0. The number of fused-ring (bicyclic) bond motifs is 2. The van der Waals surface area contributed by atoms with Crippen LogP contribution in [0.5, 0.6) is 0 Å². The summed E-state index contributed by atoms with van der Waals surface area (Å²) >= 11 is 1.61. The highest BCUT2D eigenvalue weighted by atomic mass is 32.2. The predicted octanol–water partition coefficient (Wildman–Crippen LogP) is 3.03. The van der Waals surface area contributed by atoms with Crippen molar-refractivity contribution in [1.29, 1.82) is 0 Å². The molecular weight excluding hydrogens is 360 g/mol. The summed E-state index contributed by atoms with van der Waals surface area (Å²) in [6, 6.07) is 9.50. The largest absolute Gasteiger partial charge is 0.324 e. The van der Waals surface area contributed by atoms with E-state index in [1.54, 1.807) is 11.8 Å². The third kappa shape index (κ3) is 3.73. The van der Waals surface area contributed by atoms with E-state index >= 15 is 0 Å². The molecule has 4 rings (SSSR count). The van der Waals surface area contributed by atoms with Gasteiger partial charge in [-0.05, 0) is 61.8 Å². The summed E-state index contributed by atoms with van der Waals surface area (Å²) in [6.45, 7) is -0.0810. The monoisotopic (exact) mass is 380 g/mol. The number of rotatable bonds is 4. The Labute approximate surface area is 161 Å². The van der Waals surface area contributed by atoms with Gasteiger partial charge in [-0.15, -0.1) is 11.8 Å². The molecule has 0 unspecified atom stereocenters. The average molecular weight is 380 g/mol. The van der Waals surface area contributed by atoms with E-state index in [2.05, 4.69) is 15.3 Å². The molecule has 3 aromatic rings. The van der Waals surface area contributed by atoms with Crippen molar-refractivity contribution in [3.63, 3.8) is 0 Å². The van der Waals surface area contributed by atoms with Crippen molar-refractivity contribution in [3.05, 3.63) is 58.3 Å². The molecule has 1 aliphatic carbocycles. The minimum absolute atomic E-state index is 0.0810. The molecule has 1 amide bonds. The second-order valence-electron chi connectivity index (χ2n) is 6.63. The number of carbonyl (C=O) groups excluding carboxylic acids is 1. The first kappa shape index (κ1) is 17.7. The van der Waals surface area contributed by atoms with Crippen LogP contribution in [0.1, 0.15) is 24.1 Å². The number of pyridine rings is 1. The number of benzene rings is 1. The number of hydrogen-bond donors (Lipinski definition) is 1. The lowest BCUT2D eigenvalue weighted by atomic mass is 9.95. The zero-order chi connectivity index (χ0) is 18.8. The minimum Gasteiger partial charge on any atom is -0.324 e. The fourth-order valence-corrected chi connectivity index (χ4v) is 3.84. The molecule has 0 saturated heterocycles. The van der Waals surface area contributed by atoms with Gasteiger partial charge in [-0.1, -0.05) is 6.07 Å². The van der Waals surface area contributed by atoms with Gasteiger partial charge in [0.15, 0.2) is 5.65 Å². The molecule has 0 bridgehead atoms. The fourth-order valence-electron chi connectivity index (χ4n) is 3.38. The van der Waals surface area contributed by atoms with Gasteiger partial charge in [-0.2, -0.15) is 0 Å². The van der Waals surface area contributed by atoms with Crippen LogP contribution in [0.15, 0.2) is 46.3 Å². The van der Waals surface area contributed by atoms with Gasteiger partial charge >= 0.3 is 0 Å². The molecule has 2 heterocycles. The standard InChI is InChI=1S/C20H20N4O2S/c1-27-15-7-4-6-14(10-15)22-18(25)11-24-12-21-19-16(20(24)26)9-13-5-2-3-8-17(13)23-19/h4,6-7,9-10,12H,2-3,5,8,11H2,1H3,(H,22,25). The van der Waals surface area contributed by atoms with Crippen LogP contribution in [0, 0.1) is 0 Å². The van der Waals surface area contributed by atoms with Crippen molar-refractivity contribution in [1.82, 2.24) is 14.5 Å². The maximum atomic E-state index is 12.8. The van der Waals surface area contributed by atoms with Gasteiger partial charge < -0.3 is 5.32 Å². The second-order valence-corrected chi connectivity index (χ2v) is 7.51. The molecule has 0 fully saturated rings. The predicted molar refractivity (Wildman–Crippen MR) is 107 cm³/mol. The fraction of sp³-hybridized carbons (Fsp3) is 0.300. The van der Waals surface area contributed by atoms with E-state index in [-0.39, 0.29) is 18.0 Å². The van der Waals surface area contributed by atoms with Gasteiger partial charge in [-0.25, -0.2) is 9.97 Å². The zero-order valence-electron chi connectivity index (χ0n) is 15.1. The van der Waals surface area contributed by atoms with Crippen molar-refractivity contribution >= 4 is 34.4 Å². The maximum Gasteiger partial charge on any atom is 0.263 e. The normalized spacial score (nSPS) is 13.4. The summed E-state index contributed by atoms with van der Waals surface area (Å²) in [5.74, 6) is -0.262. The molecule has 0 radical (unpaired) electrons. The Hall–Kier alpha value is -2.67. The molecule has 1 N–H and O–H groups in total. The third-order valence-corrected chi connectivity index (χ3v) is 5.48. The molecule has 138 valence electrons. The summed E-state index contributed by atoms with van der Waals surface area (Å²) in [6.07, 6.45) is 7.51. The number of carbonyl (C=O) groups is 1. The molecule has 6 nitrogen and oxygen atoms in total. The highest BCUT2D eigenvalue weighted by Crippen LogP contribution is 2.22. The topological polar surface area (TPSA) is 76.9 Å². The first-order chi connectivity index (χ1) is 13.1. The van der Waals surface area contributed by atoms with Gasteiger partial charge in [0.1, 0.15) is 12.9 Å². The Morgan fingerprint density at radius 1 is 1.26 bits per heavy atom. The van der Waals surface area contributed by atoms with Gasteiger partial charge in [-0.3, -0.25) is 14.2 Å². The maximum absolute atomic E-state index is 12.8. The molecule has 1 aliphatic rings. The van der Waals surface area contributed by atoms with Crippen molar-refractivity contribution < 1.29 is 4.79 Å². The van der Waals surface area contributed by atoms with E-state index in [9.17, 15) is 9.59 Å². The number of nitrogens with one attached hydrogen (secondary N) is 1. The van der Waals surface area contributed by atoms with Gasteiger partial charge in [0, 0.05) is 16.3 Å². The van der Waals surface area contributed by atoms with E-state index in [4.69, 9.17) is 0 Å². The smallest absolute Gasteiger partial charge is 0.263 e. The SMILES string of the molecule is CSc1cccc(NC(=O)Cn2cnc3nc4c(cc3c2=O)CCCC4)c1. The summed E-state index contributed by atoms with van der Waals surface area (Å²) < 4.78 is 1.34. The van der Waals surface area contributed by atoms with E-state index in [0.717, 1.165) is 41.8 Å². The first-order valence-electron chi connectivity index (χ1n) is 8.96. The first-order valence-corrected chi connectivity index (χ1v) is 10.2. The van der Waals surface area contributed by atoms with Crippen LogP contribution in [0.2, 0.25) is 0 Å². The Balaban J connectivity index is 1.59. The van der Waals surface area contributed by atoms with Crippen molar-refractivity contribution in [2.45, 2.75) is 37.1 Å². The summed E-state index contributed by atoms with van der Waals surface area (Å²) in [5.41, 5.74) is 3.12. The van der Waals surface area contributed by atoms with Crippen LogP contribution in [-0.4, -0.2) is 26.7 Å². The highest BCUT2D eigenvalue weighted by Gasteiger charge is 2.15. The van der Waals surface area contributed by atoms with Crippen molar-refractivity contribution in [2.75, 3.05) is 11.6 Å². The molecule has 7 heteroatoms. The summed E-state index contributed by atoms with van der Waals surface area (Å²) in [5, 5.41) is 3.32. The van der Waals surface area contributed by atoms with Crippen molar-refractivity contribution in [3.8, 4) is 0 Å². The quantitative estimate of drug-likeness (QED) is 0.704. The summed E-state index contributed by atoms with van der Waals surface area (Å²) in [4.78, 5) is 35.1. The number of anilines is 1. The van der Waals surface area contributed by atoms with Crippen LogP contribution in [0.4, 0.5) is 5.69 Å². The Bertz CT molecular complexity index is 1080. The number of thioether (sulfide) groups is 1. The molecule has 2 aromatic heterocycles. The van der Waals surface area contributed by atoms with E-state index < -0.39 is 0 Å². The van der Waals surface area contributed by atoms with Crippen LogP contribution in [-0.2, 0) is 24.2 Å². The highest BCUT2D eigenvalue weighted by molar-refractivity contribution is 7.98. The molecule has 0 spiro atoms.